The topological polar surface area (TPSA) is 70.2 Å². The molecule has 2 aliphatic rings. The van der Waals surface area contributed by atoms with E-state index in [0.717, 1.165) is 67.4 Å². The molecule has 0 spiro atoms. The van der Waals surface area contributed by atoms with E-state index in [9.17, 15) is 4.79 Å². The summed E-state index contributed by atoms with van der Waals surface area (Å²) >= 11 is 0. The van der Waals surface area contributed by atoms with Crippen molar-refractivity contribution in [1.82, 2.24) is 20.4 Å². The van der Waals surface area contributed by atoms with E-state index in [-0.39, 0.29) is 5.91 Å². The van der Waals surface area contributed by atoms with Crippen molar-refractivity contribution in [3.63, 3.8) is 0 Å². The number of nitrogens with one attached hydrogen (secondary N) is 2. The lowest BCUT2D eigenvalue weighted by atomic mass is 9.89. The zero-order valence-electron chi connectivity index (χ0n) is 20.0. The van der Waals surface area contributed by atoms with Crippen LogP contribution in [-0.4, -0.2) is 54.3 Å². The van der Waals surface area contributed by atoms with E-state index in [2.05, 4.69) is 56.8 Å². The number of aromatic nitrogens is 2. The smallest absolute Gasteiger partial charge is 0.269 e. The summed E-state index contributed by atoms with van der Waals surface area (Å²) in [5, 5.41) is 10.6. The number of likely N-dealkylation sites (tertiary alicyclic amines) is 1. The van der Waals surface area contributed by atoms with Crippen molar-refractivity contribution < 1.29 is 9.53 Å². The average molecular weight is 459 g/mol. The second kappa shape index (κ2) is 10.4. The Morgan fingerprint density at radius 2 is 1.97 bits per heavy atom. The number of fused-ring (bicyclic) bond motifs is 3. The second-order valence-corrected chi connectivity index (χ2v) is 9.53. The molecule has 3 aromatic rings. The molecule has 1 amide bonds. The summed E-state index contributed by atoms with van der Waals surface area (Å²) in [7, 11) is 1.68. The molecular weight excluding hydrogens is 424 g/mol. The number of aryl methyl sites for hydroxylation is 1. The predicted octanol–water partition coefficient (Wildman–Crippen LogP) is 4.26. The fraction of sp³-hybridized carbons (Fsp3) is 0.429. The number of methoxy groups -OCH3 is 1. The predicted molar refractivity (Wildman–Crippen MR) is 134 cm³/mol. The Hall–Kier alpha value is -3.12. The molecule has 5 rings (SSSR count). The van der Waals surface area contributed by atoms with Crippen molar-refractivity contribution in [3.8, 4) is 17.0 Å². The van der Waals surface area contributed by atoms with E-state index < -0.39 is 0 Å². The summed E-state index contributed by atoms with van der Waals surface area (Å²) < 4.78 is 5.34. The second-order valence-electron chi connectivity index (χ2n) is 9.53. The highest BCUT2D eigenvalue weighted by atomic mass is 16.5. The fourth-order valence-corrected chi connectivity index (χ4v) is 5.37. The molecule has 34 heavy (non-hydrogen) atoms. The number of rotatable bonds is 8. The number of carbonyl (C=O) groups is 1. The molecule has 0 bridgehead atoms. The Morgan fingerprint density at radius 1 is 1.15 bits per heavy atom. The maximum Gasteiger partial charge on any atom is 0.269 e. The average Bonchev–Trinajstić information content (AvgIpc) is 3.32. The first-order chi connectivity index (χ1) is 16.7. The summed E-state index contributed by atoms with van der Waals surface area (Å²) in [5.74, 6) is 1.60. The van der Waals surface area contributed by atoms with Gasteiger partial charge in [0.1, 0.15) is 11.4 Å². The molecule has 0 saturated carbocycles. The minimum Gasteiger partial charge on any atom is -0.497 e. The van der Waals surface area contributed by atoms with Gasteiger partial charge in [-0.1, -0.05) is 30.3 Å². The number of carbonyl (C=O) groups excluding carboxylic acids is 1. The first-order valence-electron chi connectivity index (χ1n) is 12.5. The SMILES string of the molecule is COc1ccc2c(c1)CCc1c-2n[nH]c1C(=O)NCCCN1CCC(Cc2ccccc2)CC1. The van der Waals surface area contributed by atoms with Gasteiger partial charge >= 0.3 is 0 Å². The van der Waals surface area contributed by atoms with Gasteiger partial charge in [-0.25, -0.2) is 0 Å². The molecule has 2 heterocycles. The monoisotopic (exact) mass is 458 g/mol. The summed E-state index contributed by atoms with van der Waals surface area (Å²) in [5.41, 5.74) is 6.29. The van der Waals surface area contributed by atoms with Crippen molar-refractivity contribution in [2.75, 3.05) is 33.3 Å². The number of benzene rings is 2. The van der Waals surface area contributed by atoms with E-state index in [4.69, 9.17) is 4.74 Å². The summed E-state index contributed by atoms with van der Waals surface area (Å²) in [6.45, 7) is 4.03. The number of amides is 1. The number of nitrogens with zero attached hydrogens (tertiary/aromatic N) is 2. The molecule has 1 fully saturated rings. The van der Waals surface area contributed by atoms with Crippen molar-refractivity contribution in [2.45, 2.75) is 38.5 Å². The number of piperidine rings is 1. The van der Waals surface area contributed by atoms with Gasteiger partial charge in [0.05, 0.1) is 12.8 Å². The van der Waals surface area contributed by atoms with E-state index in [1.54, 1.807) is 7.11 Å². The van der Waals surface area contributed by atoms with E-state index in [0.29, 0.717) is 12.2 Å². The Labute approximate surface area is 201 Å². The number of hydrogen-bond acceptors (Lipinski definition) is 4. The van der Waals surface area contributed by atoms with Crippen LogP contribution in [0.25, 0.3) is 11.3 Å². The molecule has 0 unspecified atom stereocenters. The lowest BCUT2D eigenvalue weighted by molar-refractivity contribution is 0.0944. The molecule has 6 heteroatoms. The minimum atomic E-state index is -0.0488. The Morgan fingerprint density at radius 3 is 2.76 bits per heavy atom. The maximum absolute atomic E-state index is 12.8. The van der Waals surface area contributed by atoms with Gasteiger partial charge in [-0.05, 0) is 93.4 Å². The van der Waals surface area contributed by atoms with Crippen molar-refractivity contribution in [2.24, 2.45) is 5.92 Å². The molecular formula is C28H34N4O2. The molecule has 2 N–H and O–H groups in total. The van der Waals surface area contributed by atoms with Gasteiger partial charge < -0.3 is 15.0 Å². The molecule has 0 radical (unpaired) electrons. The third kappa shape index (κ3) is 5.02. The van der Waals surface area contributed by atoms with Gasteiger partial charge in [-0.2, -0.15) is 5.10 Å². The summed E-state index contributed by atoms with van der Waals surface area (Å²) in [6, 6.07) is 16.9. The van der Waals surface area contributed by atoms with Crippen LogP contribution in [0.15, 0.2) is 48.5 Å². The number of H-pyrrole nitrogens is 1. The van der Waals surface area contributed by atoms with Crippen LogP contribution in [0, 0.1) is 5.92 Å². The van der Waals surface area contributed by atoms with E-state index >= 15 is 0 Å². The highest BCUT2D eigenvalue weighted by Crippen LogP contribution is 2.35. The van der Waals surface area contributed by atoms with E-state index in [1.165, 1.54) is 30.4 Å². The maximum atomic E-state index is 12.8. The van der Waals surface area contributed by atoms with Crippen molar-refractivity contribution >= 4 is 5.91 Å². The van der Waals surface area contributed by atoms with Crippen LogP contribution >= 0.6 is 0 Å². The molecule has 2 aromatic carbocycles. The van der Waals surface area contributed by atoms with Crippen LogP contribution < -0.4 is 10.1 Å². The third-order valence-electron chi connectivity index (χ3n) is 7.32. The fourth-order valence-electron chi connectivity index (χ4n) is 5.37. The molecule has 1 saturated heterocycles. The van der Waals surface area contributed by atoms with Crippen molar-refractivity contribution in [1.29, 1.82) is 0 Å². The molecule has 1 aromatic heterocycles. The first kappa shape index (κ1) is 22.7. The first-order valence-corrected chi connectivity index (χ1v) is 12.5. The number of aromatic amines is 1. The van der Waals surface area contributed by atoms with Crippen LogP contribution in [0.4, 0.5) is 0 Å². The highest BCUT2D eigenvalue weighted by molar-refractivity contribution is 5.96. The van der Waals surface area contributed by atoms with E-state index in [1.807, 2.05) is 12.1 Å². The standard InChI is InChI=1S/C28H34N4O2/c1-34-23-9-11-24-22(19-23)8-10-25-26(24)30-31-27(25)28(33)29-14-5-15-32-16-12-21(13-17-32)18-20-6-3-2-4-7-20/h2-4,6-7,9,11,19,21H,5,8,10,12-18H2,1H3,(H,29,33)(H,30,31). The molecule has 1 aliphatic carbocycles. The summed E-state index contributed by atoms with van der Waals surface area (Å²) in [6.07, 6.45) is 6.38. The van der Waals surface area contributed by atoms with Crippen LogP contribution in [0.1, 0.15) is 46.4 Å². The van der Waals surface area contributed by atoms with Gasteiger partial charge in [0.25, 0.3) is 5.91 Å². The van der Waals surface area contributed by atoms with Gasteiger partial charge in [0.15, 0.2) is 0 Å². The quantitative estimate of drug-likeness (QED) is 0.495. The number of hydrogen-bond donors (Lipinski definition) is 2. The Bertz CT molecular complexity index is 1120. The molecule has 6 nitrogen and oxygen atoms in total. The zero-order chi connectivity index (χ0) is 23.3. The largest absolute Gasteiger partial charge is 0.497 e. The number of ether oxygens (including phenoxy) is 1. The van der Waals surface area contributed by atoms with Gasteiger partial charge in [0, 0.05) is 17.7 Å². The van der Waals surface area contributed by atoms with Crippen LogP contribution in [0.5, 0.6) is 5.75 Å². The van der Waals surface area contributed by atoms with Gasteiger partial charge in [-0.15, -0.1) is 0 Å². The normalized spacial score (nSPS) is 16.0. The molecule has 0 atom stereocenters. The lowest BCUT2D eigenvalue weighted by Crippen LogP contribution is -2.36. The van der Waals surface area contributed by atoms with Crippen LogP contribution in [0.2, 0.25) is 0 Å². The summed E-state index contributed by atoms with van der Waals surface area (Å²) in [4.78, 5) is 15.4. The highest BCUT2D eigenvalue weighted by Gasteiger charge is 2.25. The minimum absolute atomic E-state index is 0.0488. The lowest BCUT2D eigenvalue weighted by Gasteiger charge is -2.32. The molecule has 1 aliphatic heterocycles. The van der Waals surface area contributed by atoms with Gasteiger partial charge in [0.2, 0.25) is 0 Å². The Balaban J connectivity index is 1.07. The zero-order valence-corrected chi connectivity index (χ0v) is 20.0. The Kier molecular flexibility index (Phi) is 6.95. The van der Waals surface area contributed by atoms with Crippen molar-refractivity contribution in [3.05, 3.63) is 70.9 Å². The van der Waals surface area contributed by atoms with Gasteiger partial charge in [-0.3, -0.25) is 9.89 Å². The molecule has 178 valence electrons. The van der Waals surface area contributed by atoms with Crippen LogP contribution in [0.3, 0.4) is 0 Å². The van der Waals surface area contributed by atoms with Crippen LogP contribution in [-0.2, 0) is 19.3 Å². The third-order valence-corrected chi connectivity index (χ3v) is 7.32.